The minimum absolute atomic E-state index is 0.0274. The van der Waals surface area contributed by atoms with Crippen LogP contribution in [0.5, 0.6) is 0 Å². The van der Waals surface area contributed by atoms with Gasteiger partial charge in [-0.3, -0.25) is 0 Å². The van der Waals surface area contributed by atoms with Gasteiger partial charge in [0.15, 0.2) is 0 Å². The van der Waals surface area contributed by atoms with Crippen molar-refractivity contribution in [2.24, 2.45) is 5.41 Å². The molecule has 0 amide bonds. The molecule has 1 saturated heterocycles. The zero-order valence-corrected chi connectivity index (χ0v) is 9.32. The number of hydrogen-bond donors (Lipinski definition) is 1. The summed E-state index contributed by atoms with van der Waals surface area (Å²) >= 11 is 0. The van der Waals surface area contributed by atoms with E-state index in [0.29, 0.717) is 13.1 Å². The molecular formula is C8H18N2O2S. The predicted octanol–water partition coefficient (Wildman–Crippen LogP) is -0.123. The van der Waals surface area contributed by atoms with Gasteiger partial charge in [-0.25, -0.2) is 12.7 Å². The fourth-order valence-corrected chi connectivity index (χ4v) is 2.53. The van der Waals surface area contributed by atoms with Crippen molar-refractivity contribution in [1.29, 1.82) is 0 Å². The van der Waals surface area contributed by atoms with Crippen LogP contribution in [-0.4, -0.2) is 45.2 Å². The van der Waals surface area contributed by atoms with Crippen LogP contribution >= 0.6 is 0 Å². The highest BCUT2D eigenvalue weighted by Gasteiger charge is 2.28. The summed E-state index contributed by atoms with van der Waals surface area (Å²) in [6.07, 6.45) is 1.27. The minimum atomic E-state index is -3.03. The Morgan fingerprint density at radius 3 is 2.54 bits per heavy atom. The molecule has 13 heavy (non-hydrogen) atoms. The van der Waals surface area contributed by atoms with Crippen molar-refractivity contribution in [2.75, 3.05) is 32.4 Å². The Hall–Kier alpha value is -0.130. The van der Waals surface area contributed by atoms with Gasteiger partial charge in [0.25, 0.3) is 0 Å². The second kappa shape index (κ2) is 3.55. The third-order valence-electron chi connectivity index (χ3n) is 2.21. The Kier molecular flexibility index (Phi) is 2.99. The lowest BCUT2D eigenvalue weighted by atomic mass is 9.94. The number of rotatable bonds is 1. The van der Waals surface area contributed by atoms with Crippen molar-refractivity contribution >= 4 is 10.0 Å². The first-order valence-corrected chi connectivity index (χ1v) is 6.32. The molecule has 0 aromatic carbocycles. The lowest BCUT2D eigenvalue weighted by molar-refractivity contribution is 0.290. The van der Waals surface area contributed by atoms with Crippen LogP contribution in [0.1, 0.15) is 13.8 Å². The molecule has 5 heteroatoms. The number of nitrogens with one attached hydrogen (secondary N) is 1. The van der Waals surface area contributed by atoms with Crippen molar-refractivity contribution in [3.63, 3.8) is 0 Å². The Morgan fingerprint density at radius 1 is 1.38 bits per heavy atom. The summed E-state index contributed by atoms with van der Waals surface area (Å²) in [5, 5.41) is 3.23. The van der Waals surface area contributed by atoms with Crippen LogP contribution in [0.3, 0.4) is 0 Å². The van der Waals surface area contributed by atoms with Gasteiger partial charge in [0.2, 0.25) is 10.0 Å². The maximum absolute atomic E-state index is 11.3. The number of sulfonamides is 1. The molecule has 1 aliphatic rings. The second-order valence-corrected chi connectivity index (χ2v) is 6.42. The van der Waals surface area contributed by atoms with Crippen molar-refractivity contribution in [3.05, 3.63) is 0 Å². The molecule has 0 atom stereocenters. The van der Waals surface area contributed by atoms with Crippen LogP contribution in [0, 0.1) is 5.41 Å². The molecule has 0 bridgehead atoms. The van der Waals surface area contributed by atoms with E-state index in [4.69, 9.17) is 0 Å². The molecule has 78 valence electrons. The van der Waals surface area contributed by atoms with Crippen LogP contribution in [0.25, 0.3) is 0 Å². The van der Waals surface area contributed by atoms with E-state index in [2.05, 4.69) is 19.2 Å². The van der Waals surface area contributed by atoms with Gasteiger partial charge in [-0.05, 0) is 5.41 Å². The summed E-state index contributed by atoms with van der Waals surface area (Å²) in [6, 6.07) is 0. The molecule has 0 unspecified atom stereocenters. The molecule has 1 heterocycles. The van der Waals surface area contributed by atoms with Crippen LogP contribution < -0.4 is 5.32 Å². The molecule has 1 rings (SSSR count). The average Bonchev–Trinajstić information content (AvgIpc) is 2.08. The van der Waals surface area contributed by atoms with Crippen LogP contribution in [0.15, 0.2) is 0 Å². The van der Waals surface area contributed by atoms with E-state index >= 15 is 0 Å². The highest BCUT2D eigenvalue weighted by molar-refractivity contribution is 7.88. The third-order valence-corrected chi connectivity index (χ3v) is 3.46. The van der Waals surface area contributed by atoms with Gasteiger partial charge < -0.3 is 5.32 Å². The maximum Gasteiger partial charge on any atom is 0.211 e. The maximum atomic E-state index is 11.3. The molecule has 0 aromatic rings. The lowest BCUT2D eigenvalue weighted by Crippen LogP contribution is -2.38. The van der Waals surface area contributed by atoms with E-state index in [1.54, 1.807) is 4.31 Å². The summed E-state index contributed by atoms with van der Waals surface area (Å²) in [4.78, 5) is 0. The second-order valence-electron chi connectivity index (χ2n) is 4.44. The van der Waals surface area contributed by atoms with Crippen LogP contribution in [0.4, 0.5) is 0 Å². The topological polar surface area (TPSA) is 49.4 Å². The quantitative estimate of drug-likeness (QED) is 0.650. The number of hydrogen-bond acceptors (Lipinski definition) is 3. The summed E-state index contributed by atoms with van der Waals surface area (Å²) in [7, 11) is -3.03. The first-order valence-electron chi connectivity index (χ1n) is 4.47. The van der Waals surface area contributed by atoms with Gasteiger partial charge in [-0.2, -0.15) is 0 Å². The van der Waals surface area contributed by atoms with Gasteiger partial charge >= 0.3 is 0 Å². The van der Waals surface area contributed by atoms with Gasteiger partial charge in [0, 0.05) is 26.2 Å². The van der Waals surface area contributed by atoms with E-state index in [0.717, 1.165) is 13.1 Å². The normalized spacial score (nSPS) is 25.5. The van der Waals surface area contributed by atoms with Crippen molar-refractivity contribution in [1.82, 2.24) is 9.62 Å². The monoisotopic (exact) mass is 206 g/mol. The van der Waals surface area contributed by atoms with E-state index in [9.17, 15) is 8.42 Å². The first-order chi connectivity index (χ1) is 5.81. The third kappa shape index (κ3) is 3.25. The smallest absolute Gasteiger partial charge is 0.211 e. The van der Waals surface area contributed by atoms with Gasteiger partial charge in [0.05, 0.1) is 6.26 Å². The highest BCUT2D eigenvalue weighted by atomic mass is 32.2. The highest BCUT2D eigenvalue weighted by Crippen LogP contribution is 2.19. The lowest BCUT2D eigenvalue weighted by Gasteiger charge is -2.27. The Balaban J connectivity index is 2.77. The minimum Gasteiger partial charge on any atom is -0.315 e. The molecule has 1 N–H and O–H groups in total. The van der Waals surface area contributed by atoms with E-state index in [-0.39, 0.29) is 5.41 Å². The van der Waals surface area contributed by atoms with Crippen LogP contribution in [-0.2, 0) is 10.0 Å². The van der Waals surface area contributed by atoms with E-state index in [1.807, 2.05) is 0 Å². The van der Waals surface area contributed by atoms with Crippen molar-refractivity contribution in [2.45, 2.75) is 13.8 Å². The summed E-state index contributed by atoms with van der Waals surface area (Å²) < 4.78 is 24.2. The molecule has 1 fully saturated rings. The van der Waals surface area contributed by atoms with Gasteiger partial charge in [-0.15, -0.1) is 0 Å². The standard InChI is InChI=1S/C8H18N2O2S/c1-8(2)6-9-4-5-10(7-8)13(3,11)12/h9H,4-7H2,1-3H3. The first kappa shape index (κ1) is 10.9. The Bertz CT molecular complexity index is 272. The number of nitrogens with zero attached hydrogens (tertiary/aromatic N) is 1. The molecule has 0 saturated carbocycles. The molecule has 0 aromatic heterocycles. The predicted molar refractivity (Wildman–Crippen MR) is 53.1 cm³/mol. The van der Waals surface area contributed by atoms with Gasteiger partial charge in [0.1, 0.15) is 0 Å². The van der Waals surface area contributed by atoms with Crippen molar-refractivity contribution < 1.29 is 8.42 Å². The van der Waals surface area contributed by atoms with E-state index in [1.165, 1.54) is 6.26 Å². The van der Waals surface area contributed by atoms with E-state index < -0.39 is 10.0 Å². The molecular weight excluding hydrogens is 188 g/mol. The summed E-state index contributed by atoms with van der Waals surface area (Å²) in [6.45, 7) is 6.96. The summed E-state index contributed by atoms with van der Waals surface area (Å²) in [5.41, 5.74) is 0.0274. The fourth-order valence-electron chi connectivity index (χ4n) is 1.53. The molecule has 0 spiro atoms. The summed E-state index contributed by atoms with van der Waals surface area (Å²) in [5.74, 6) is 0. The molecule has 0 aliphatic carbocycles. The zero-order valence-electron chi connectivity index (χ0n) is 8.50. The zero-order chi connectivity index (χ0) is 10.1. The fraction of sp³-hybridized carbons (Fsp3) is 1.00. The average molecular weight is 206 g/mol. The molecule has 4 nitrogen and oxygen atoms in total. The van der Waals surface area contributed by atoms with Gasteiger partial charge in [-0.1, -0.05) is 13.8 Å². The Morgan fingerprint density at radius 2 is 2.00 bits per heavy atom. The molecule has 0 radical (unpaired) electrons. The van der Waals surface area contributed by atoms with Crippen molar-refractivity contribution in [3.8, 4) is 0 Å². The molecule has 1 aliphatic heterocycles. The van der Waals surface area contributed by atoms with Crippen LogP contribution in [0.2, 0.25) is 0 Å². The Labute approximate surface area is 80.4 Å². The SMILES string of the molecule is CC1(C)CNCCN(S(C)(=O)=O)C1. The largest absolute Gasteiger partial charge is 0.315 e.